The van der Waals surface area contributed by atoms with Gasteiger partial charge in [0.15, 0.2) is 5.82 Å². The summed E-state index contributed by atoms with van der Waals surface area (Å²) in [6.45, 7) is 1.82. The van der Waals surface area contributed by atoms with Crippen molar-refractivity contribution in [3.05, 3.63) is 76.9 Å². The Labute approximate surface area is 220 Å². The molecular formula is C27H24F3N7O2. The van der Waals surface area contributed by atoms with Crippen molar-refractivity contribution in [3.63, 3.8) is 0 Å². The fourth-order valence-corrected chi connectivity index (χ4v) is 5.07. The monoisotopic (exact) mass is 535 g/mol. The van der Waals surface area contributed by atoms with E-state index in [0.717, 1.165) is 11.6 Å². The smallest absolute Gasteiger partial charge is 0.388 e. The first kappa shape index (κ1) is 25.0. The molecule has 0 radical (unpaired) electrons. The summed E-state index contributed by atoms with van der Waals surface area (Å²) in [7, 11) is 1.57. The Morgan fingerprint density at radius 1 is 0.974 bits per heavy atom. The molecule has 0 atom stereocenters. The Morgan fingerprint density at radius 2 is 1.72 bits per heavy atom. The maximum atomic E-state index is 14.3. The largest absolute Gasteiger partial charge is 0.418 e. The van der Waals surface area contributed by atoms with Crippen molar-refractivity contribution in [1.29, 1.82) is 0 Å². The number of nitrogens with zero attached hydrogens (tertiary/aromatic N) is 6. The van der Waals surface area contributed by atoms with Gasteiger partial charge in [-0.15, -0.1) is 0 Å². The van der Waals surface area contributed by atoms with Gasteiger partial charge >= 0.3 is 11.9 Å². The maximum absolute atomic E-state index is 14.3. The van der Waals surface area contributed by atoms with Crippen LogP contribution in [0.5, 0.6) is 0 Å². The van der Waals surface area contributed by atoms with E-state index in [0.29, 0.717) is 53.7 Å². The number of hydrogen-bond acceptors (Lipinski definition) is 7. The number of rotatable bonds is 4. The first-order valence-corrected chi connectivity index (χ1v) is 12.4. The number of aliphatic hydroxyl groups excluding tert-OH is 1. The summed E-state index contributed by atoms with van der Waals surface area (Å²) in [4.78, 5) is 27.9. The Bertz CT molecular complexity index is 1750. The summed E-state index contributed by atoms with van der Waals surface area (Å²) >= 11 is 0. The number of pyridine rings is 1. The molecule has 4 heterocycles. The molecule has 2 N–H and O–H groups in total. The van der Waals surface area contributed by atoms with Crippen LogP contribution in [0, 0.1) is 0 Å². The summed E-state index contributed by atoms with van der Waals surface area (Å²) in [5.74, 6) is 0.283. The number of aryl methyl sites for hydroxylation is 1. The summed E-state index contributed by atoms with van der Waals surface area (Å²) in [6.07, 6.45) is 0.0989. The minimum Gasteiger partial charge on any atom is -0.388 e. The zero-order chi connectivity index (χ0) is 27.3. The molecule has 1 fully saturated rings. The second-order valence-electron chi connectivity index (χ2n) is 9.38. The van der Waals surface area contributed by atoms with Gasteiger partial charge < -0.3 is 15.3 Å². The minimum atomic E-state index is -4.61. The number of fused-ring (bicyclic) bond motifs is 3. The number of alkyl halides is 3. The molecule has 2 aromatic carbocycles. The van der Waals surface area contributed by atoms with Crippen molar-refractivity contribution < 1.29 is 18.3 Å². The highest BCUT2D eigenvalue weighted by Crippen LogP contribution is 2.39. The number of imidazole rings is 1. The SMILES string of the molecule is Cn1c(=O)n(-c2ccc(N3CCNCC3)c(C(F)(F)F)c2)c2c3cc(-c4cnc(CO)nc4)ccc3ncc21. The summed E-state index contributed by atoms with van der Waals surface area (Å²) in [5, 5.41) is 13.0. The summed E-state index contributed by atoms with van der Waals surface area (Å²) in [5.41, 5.74) is 1.86. The molecule has 6 rings (SSSR count). The van der Waals surface area contributed by atoms with E-state index in [4.69, 9.17) is 0 Å². The molecule has 39 heavy (non-hydrogen) atoms. The normalized spacial score (nSPS) is 14.4. The molecule has 0 aliphatic carbocycles. The van der Waals surface area contributed by atoms with E-state index in [9.17, 15) is 23.1 Å². The number of piperazine rings is 1. The quantitative estimate of drug-likeness (QED) is 0.364. The molecule has 12 heteroatoms. The second-order valence-corrected chi connectivity index (χ2v) is 9.38. The van der Waals surface area contributed by atoms with Crippen LogP contribution in [0.4, 0.5) is 18.9 Å². The van der Waals surface area contributed by atoms with Gasteiger partial charge in [0.05, 0.1) is 34.0 Å². The average Bonchev–Trinajstić information content (AvgIpc) is 3.22. The van der Waals surface area contributed by atoms with Gasteiger partial charge in [-0.25, -0.2) is 14.8 Å². The van der Waals surface area contributed by atoms with Gasteiger partial charge in [-0.2, -0.15) is 13.2 Å². The van der Waals surface area contributed by atoms with Crippen LogP contribution in [0.1, 0.15) is 11.4 Å². The number of anilines is 1. The molecule has 0 amide bonds. The predicted octanol–water partition coefficient (Wildman–Crippen LogP) is 3.26. The molecule has 0 unspecified atom stereocenters. The van der Waals surface area contributed by atoms with Crippen LogP contribution in [-0.2, 0) is 19.8 Å². The van der Waals surface area contributed by atoms with Crippen molar-refractivity contribution in [1.82, 2.24) is 29.4 Å². The van der Waals surface area contributed by atoms with Gasteiger partial charge in [-0.1, -0.05) is 6.07 Å². The summed E-state index contributed by atoms with van der Waals surface area (Å²) in [6, 6.07) is 9.48. The highest BCUT2D eigenvalue weighted by molar-refractivity contribution is 6.04. The fraction of sp³-hybridized carbons (Fsp3) is 0.259. The van der Waals surface area contributed by atoms with Crippen LogP contribution in [0.3, 0.4) is 0 Å². The van der Waals surface area contributed by atoms with Crippen molar-refractivity contribution in [2.45, 2.75) is 12.8 Å². The number of aromatic nitrogens is 5. The Hall–Kier alpha value is -4.29. The lowest BCUT2D eigenvalue weighted by molar-refractivity contribution is -0.137. The van der Waals surface area contributed by atoms with Crippen LogP contribution >= 0.6 is 0 Å². The molecule has 9 nitrogen and oxygen atoms in total. The molecule has 0 saturated carbocycles. The standard InChI is InChI=1S/C27H24F3N7O2/c1-35-23-14-32-21-4-2-16(17-12-33-24(15-38)34-13-17)10-19(21)25(23)37(26(35)39)18-3-5-22(20(11-18)27(28,29)30)36-8-6-31-7-9-36/h2-5,10-14,31,38H,6-9,15H2,1H3. The number of hydrogen-bond donors (Lipinski definition) is 2. The van der Waals surface area contributed by atoms with Crippen molar-refractivity contribution in [3.8, 4) is 16.8 Å². The average molecular weight is 536 g/mol. The van der Waals surface area contributed by atoms with Crippen LogP contribution in [0.15, 0.2) is 59.8 Å². The fourth-order valence-electron chi connectivity index (χ4n) is 5.07. The van der Waals surface area contributed by atoms with Crippen LogP contribution in [0.25, 0.3) is 38.8 Å². The Morgan fingerprint density at radius 3 is 2.41 bits per heavy atom. The van der Waals surface area contributed by atoms with E-state index in [1.807, 2.05) is 12.1 Å². The third-order valence-corrected chi connectivity index (χ3v) is 7.06. The predicted molar refractivity (Wildman–Crippen MR) is 141 cm³/mol. The summed E-state index contributed by atoms with van der Waals surface area (Å²) < 4.78 is 45.6. The third-order valence-electron chi connectivity index (χ3n) is 7.06. The molecule has 200 valence electrons. The van der Waals surface area contributed by atoms with Crippen molar-refractivity contribution >= 4 is 27.6 Å². The lowest BCUT2D eigenvalue weighted by Gasteiger charge is -2.31. The molecule has 0 bridgehead atoms. The molecule has 1 aliphatic heterocycles. The third kappa shape index (κ3) is 4.31. The van der Waals surface area contributed by atoms with E-state index in [-0.39, 0.29) is 23.8 Å². The van der Waals surface area contributed by atoms with Crippen molar-refractivity contribution in [2.24, 2.45) is 7.05 Å². The van der Waals surface area contributed by atoms with Crippen LogP contribution < -0.4 is 15.9 Å². The molecular weight excluding hydrogens is 511 g/mol. The molecule has 1 aliphatic rings. The van der Waals surface area contributed by atoms with Crippen molar-refractivity contribution in [2.75, 3.05) is 31.1 Å². The second kappa shape index (κ2) is 9.47. The van der Waals surface area contributed by atoms with E-state index in [1.54, 1.807) is 42.7 Å². The van der Waals surface area contributed by atoms with Gasteiger partial charge in [0.2, 0.25) is 0 Å². The first-order valence-electron chi connectivity index (χ1n) is 12.4. The first-order chi connectivity index (χ1) is 18.8. The van der Waals surface area contributed by atoms with E-state index in [1.165, 1.54) is 15.2 Å². The molecule has 3 aromatic heterocycles. The number of halogens is 3. The maximum Gasteiger partial charge on any atom is 0.418 e. The minimum absolute atomic E-state index is 0.0983. The lowest BCUT2D eigenvalue weighted by atomic mass is 10.0. The van der Waals surface area contributed by atoms with Gasteiger partial charge in [-0.05, 0) is 35.9 Å². The highest BCUT2D eigenvalue weighted by atomic mass is 19.4. The van der Waals surface area contributed by atoms with Gasteiger partial charge in [0.1, 0.15) is 6.61 Å². The number of aliphatic hydroxyl groups is 1. The Kier molecular flexibility index (Phi) is 6.07. The zero-order valence-electron chi connectivity index (χ0n) is 20.9. The van der Waals surface area contributed by atoms with Gasteiger partial charge in [-0.3, -0.25) is 14.1 Å². The highest BCUT2D eigenvalue weighted by Gasteiger charge is 2.36. The van der Waals surface area contributed by atoms with Gasteiger partial charge in [0, 0.05) is 62.3 Å². The lowest BCUT2D eigenvalue weighted by Crippen LogP contribution is -2.44. The van der Waals surface area contributed by atoms with Crippen LogP contribution in [-0.4, -0.2) is 55.4 Å². The topological polar surface area (TPSA) is 101 Å². The van der Waals surface area contributed by atoms with E-state index < -0.39 is 17.4 Å². The Balaban J connectivity index is 1.58. The van der Waals surface area contributed by atoms with E-state index in [2.05, 4.69) is 20.3 Å². The molecule has 1 saturated heterocycles. The number of benzene rings is 2. The van der Waals surface area contributed by atoms with E-state index >= 15 is 0 Å². The molecule has 0 spiro atoms. The zero-order valence-corrected chi connectivity index (χ0v) is 20.9. The van der Waals surface area contributed by atoms with Crippen LogP contribution in [0.2, 0.25) is 0 Å². The molecule has 5 aromatic rings. The number of nitrogens with one attached hydrogen (secondary N) is 1. The van der Waals surface area contributed by atoms with Gasteiger partial charge in [0.25, 0.3) is 0 Å².